The zero-order valence-corrected chi connectivity index (χ0v) is 22.0. The summed E-state index contributed by atoms with van der Waals surface area (Å²) in [6.45, 7) is 1.03. The highest BCUT2D eigenvalue weighted by atomic mass is 32.2. The normalized spacial score (nSPS) is 16.0. The van der Waals surface area contributed by atoms with E-state index in [0.717, 1.165) is 18.4 Å². The van der Waals surface area contributed by atoms with Gasteiger partial charge in [0.1, 0.15) is 5.82 Å². The molecule has 1 N–H and O–H groups in total. The monoisotopic (exact) mass is 535 g/mol. The quantitative estimate of drug-likeness (QED) is 0.390. The van der Waals surface area contributed by atoms with E-state index in [9.17, 15) is 22.9 Å². The lowest BCUT2D eigenvalue weighted by molar-refractivity contribution is -0.107. The molecule has 1 aromatic heterocycles. The molecular weight excluding hydrogens is 505 g/mol. The Labute approximate surface area is 222 Å². The molecule has 0 saturated carbocycles. The second-order valence-electron chi connectivity index (χ2n) is 9.31. The molecule has 0 radical (unpaired) electrons. The summed E-state index contributed by atoms with van der Waals surface area (Å²) in [5.41, 5.74) is 2.99. The summed E-state index contributed by atoms with van der Waals surface area (Å²) in [5, 5.41) is 12.8. The Balaban J connectivity index is 1.66. The van der Waals surface area contributed by atoms with Crippen LogP contribution < -0.4 is 10.2 Å². The van der Waals surface area contributed by atoms with Crippen LogP contribution in [0, 0.1) is 17.1 Å². The van der Waals surface area contributed by atoms with Crippen LogP contribution in [0.5, 0.6) is 0 Å². The van der Waals surface area contributed by atoms with Crippen molar-refractivity contribution < 1.29 is 17.6 Å². The van der Waals surface area contributed by atoms with E-state index in [1.807, 2.05) is 12.1 Å². The number of carbonyl (C=O) groups excluding carboxylic acids is 1. The molecule has 0 spiro atoms. The second kappa shape index (κ2) is 12.2. The number of nitrogens with zero attached hydrogens (tertiary/aromatic N) is 4. The van der Waals surface area contributed by atoms with Gasteiger partial charge in [0, 0.05) is 31.2 Å². The number of piperidine rings is 1. The van der Waals surface area contributed by atoms with Crippen molar-refractivity contribution in [3.8, 4) is 17.3 Å². The van der Waals surface area contributed by atoms with Crippen molar-refractivity contribution in [1.29, 1.82) is 5.26 Å². The molecule has 1 aliphatic rings. The fraction of sp³-hybridized carbons (Fsp3) is 0.321. The smallest absolute Gasteiger partial charge is 0.214 e. The zero-order valence-electron chi connectivity index (χ0n) is 21.2. The standard InChI is InChI=1S/C28H30FN5O3S/c1-38(36,37)34-16-5-4-10-24(34)19-33(20-35)27-13-12-26(25-11-3-2-8-22(25)18-30)32-28(27)31-15-14-21-7-6-9-23(29)17-21/h2-3,6-9,11-13,17,20,24H,4-5,10,14-16,19H2,1H3,(H,31,32). The molecule has 38 heavy (non-hydrogen) atoms. The van der Waals surface area contributed by atoms with Crippen molar-refractivity contribution >= 4 is 27.9 Å². The predicted octanol–water partition coefficient (Wildman–Crippen LogP) is 4.19. The van der Waals surface area contributed by atoms with Crippen molar-refractivity contribution in [3.05, 3.63) is 77.6 Å². The summed E-state index contributed by atoms with van der Waals surface area (Å²) in [5.74, 6) is 0.104. The summed E-state index contributed by atoms with van der Waals surface area (Å²) >= 11 is 0. The highest BCUT2D eigenvalue weighted by molar-refractivity contribution is 7.88. The van der Waals surface area contributed by atoms with E-state index in [2.05, 4.69) is 11.4 Å². The average molecular weight is 536 g/mol. The van der Waals surface area contributed by atoms with E-state index in [1.165, 1.54) is 27.6 Å². The minimum Gasteiger partial charge on any atom is -0.368 e. The molecule has 1 fully saturated rings. The van der Waals surface area contributed by atoms with Crippen molar-refractivity contribution in [2.24, 2.45) is 0 Å². The molecule has 2 aromatic carbocycles. The lowest BCUT2D eigenvalue weighted by atomic mass is 10.0. The third-order valence-electron chi connectivity index (χ3n) is 6.64. The zero-order chi connectivity index (χ0) is 27.1. The third kappa shape index (κ3) is 6.54. The lowest BCUT2D eigenvalue weighted by Crippen LogP contribution is -2.49. The molecule has 4 rings (SSSR count). The molecule has 2 heterocycles. The van der Waals surface area contributed by atoms with Crippen LogP contribution in [0.2, 0.25) is 0 Å². The minimum atomic E-state index is -3.42. The van der Waals surface area contributed by atoms with Gasteiger partial charge < -0.3 is 10.2 Å². The van der Waals surface area contributed by atoms with Gasteiger partial charge in [-0.15, -0.1) is 0 Å². The first kappa shape index (κ1) is 27.2. The fourth-order valence-electron chi connectivity index (χ4n) is 4.80. The number of amides is 1. The number of benzene rings is 2. The van der Waals surface area contributed by atoms with Crippen molar-refractivity contribution in [3.63, 3.8) is 0 Å². The Hall–Kier alpha value is -3.81. The van der Waals surface area contributed by atoms with Crippen molar-refractivity contribution in [2.75, 3.05) is 36.1 Å². The fourth-order valence-corrected chi connectivity index (χ4v) is 5.98. The van der Waals surface area contributed by atoms with Gasteiger partial charge in [-0.25, -0.2) is 17.8 Å². The molecular formula is C28H30FN5O3S. The molecule has 0 bridgehead atoms. The van der Waals surface area contributed by atoms with Crippen LogP contribution in [-0.4, -0.2) is 56.0 Å². The number of nitrogens with one attached hydrogen (secondary N) is 1. The maximum Gasteiger partial charge on any atom is 0.214 e. The number of sulfonamides is 1. The van der Waals surface area contributed by atoms with Gasteiger partial charge in [0.25, 0.3) is 0 Å². The van der Waals surface area contributed by atoms with Gasteiger partial charge in [0.2, 0.25) is 16.4 Å². The topological polar surface area (TPSA) is 106 Å². The molecule has 1 atom stereocenters. The van der Waals surface area contributed by atoms with Gasteiger partial charge in [0.15, 0.2) is 5.82 Å². The Kier molecular flexibility index (Phi) is 8.71. The number of hydrogen-bond acceptors (Lipinski definition) is 6. The summed E-state index contributed by atoms with van der Waals surface area (Å²) in [6, 6.07) is 18.8. The van der Waals surface area contributed by atoms with Gasteiger partial charge in [-0.2, -0.15) is 9.57 Å². The Bertz CT molecular complexity index is 1440. The summed E-state index contributed by atoms with van der Waals surface area (Å²) in [4.78, 5) is 18.5. The third-order valence-corrected chi connectivity index (χ3v) is 7.97. The van der Waals surface area contributed by atoms with Gasteiger partial charge in [-0.1, -0.05) is 36.8 Å². The summed E-state index contributed by atoms with van der Waals surface area (Å²) in [6.07, 6.45) is 4.71. The van der Waals surface area contributed by atoms with Crippen LogP contribution in [-0.2, 0) is 21.2 Å². The SMILES string of the molecule is CS(=O)(=O)N1CCCCC1CN(C=O)c1ccc(-c2ccccc2C#N)nc1NCCc1cccc(F)c1. The van der Waals surface area contributed by atoms with Crippen LogP contribution in [0.3, 0.4) is 0 Å². The highest BCUT2D eigenvalue weighted by Crippen LogP contribution is 2.31. The maximum atomic E-state index is 13.6. The van der Waals surface area contributed by atoms with Crippen molar-refractivity contribution in [2.45, 2.75) is 31.7 Å². The number of aromatic nitrogens is 1. The predicted molar refractivity (Wildman–Crippen MR) is 146 cm³/mol. The van der Waals surface area contributed by atoms with Crippen molar-refractivity contribution in [1.82, 2.24) is 9.29 Å². The van der Waals surface area contributed by atoms with E-state index in [4.69, 9.17) is 4.98 Å². The first-order valence-electron chi connectivity index (χ1n) is 12.5. The van der Waals surface area contributed by atoms with Crippen LogP contribution >= 0.6 is 0 Å². The largest absolute Gasteiger partial charge is 0.368 e. The van der Waals surface area contributed by atoms with E-state index in [-0.39, 0.29) is 18.4 Å². The number of hydrogen-bond donors (Lipinski definition) is 1. The van der Waals surface area contributed by atoms with E-state index >= 15 is 0 Å². The molecule has 198 valence electrons. The number of nitriles is 1. The Morgan fingerprint density at radius 2 is 2.00 bits per heavy atom. The summed E-state index contributed by atoms with van der Waals surface area (Å²) in [7, 11) is -3.42. The number of rotatable bonds is 10. The first-order chi connectivity index (χ1) is 18.3. The van der Waals surface area contributed by atoms with Crippen LogP contribution in [0.4, 0.5) is 15.9 Å². The van der Waals surface area contributed by atoms with Crippen LogP contribution in [0.15, 0.2) is 60.7 Å². The highest BCUT2D eigenvalue weighted by Gasteiger charge is 2.31. The van der Waals surface area contributed by atoms with Gasteiger partial charge in [-0.3, -0.25) is 4.79 Å². The minimum absolute atomic E-state index is 0.185. The van der Waals surface area contributed by atoms with Gasteiger partial charge in [-0.05, 0) is 55.2 Å². The average Bonchev–Trinajstić information content (AvgIpc) is 2.91. The maximum absolute atomic E-state index is 13.6. The molecule has 1 unspecified atom stereocenters. The summed E-state index contributed by atoms with van der Waals surface area (Å²) < 4.78 is 39.8. The number of carbonyl (C=O) groups is 1. The Morgan fingerprint density at radius 3 is 2.74 bits per heavy atom. The number of pyridine rings is 1. The number of anilines is 2. The molecule has 1 saturated heterocycles. The van der Waals surface area contributed by atoms with E-state index < -0.39 is 10.0 Å². The lowest BCUT2D eigenvalue weighted by Gasteiger charge is -2.36. The van der Waals surface area contributed by atoms with Gasteiger partial charge >= 0.3 is 0 Å². The molecule has 1 aliphatic heterocycles. The Morgan fingerprint density at radius 1 is 1.18 bits per heavy atom. The number of halogens is 1. The van der Waals surface area contributed by atoms with E-state index in [1.54, 1.807) is 36.4 Å². The molecule has 1 amide bonds. The molecule has 3 aromatic rings. The molecule has 8 nitrogen and oxygen atoms in total. The second-order valence-corrected chi connectivity index (χ2v) is 11.2. The molecule has 10 heteroatoms. The van der Waals surface area contributed by atoms with Crippen LogP contribution in [0.25, 0.3) is 11.3 Å². The molecule has 0 aliphatic carbocycles. The van der Waals surface area contributed by atoms with Gasteiger partial charge in [0.05, 0.1) is 29.3 Å². The van der Waals surface area contributed by atoms with E-state index in [0.29, 0.717) is 60.7 Å². The first-order valence-corrected chi connectivity index (χ1v) is 14.3. The van der Waals surface area contributed by atoms with Crippen LogP contribution in [0.1, 0.15) is 30.4 Å².